The number of anilines is 1. The number of rotatable bonds is 4. The van der Waals surface area contributed by atoms with Crippen LogP contribution in [0.3, 0.4) is 0 Å². The Balaban J connectivity index is 1.92. The number of hydrogen-bond donors (Lipinski definition) is 1. The number of benzene rings is 1. The van der Waals surface area contributed by atoms with Crippen LogP contribution in [0, 0.1) is 0 Å². The van der Waals surface area contributed by atoms with E-state index in [1.54, 1.807) is 12.4 Å². The van der Waals surface area contributed by atoms with Crippen LogP contribution in [0.5, 0.6) is 0 Å². The van der Waals surface area contributed by atoms with Crippen LogP contribution in [0.25, 0.3) is 0 Å². The van der Waals surface area contributed by atoms with Crippen molar-refractivity contribution in [3.63, 3.8) is 0 Å². The number of aromatic nitrogens is 2. The lowest BCUT2D eigenvalue weighted by molar-refractivity contribution is 1.17. The van der Waals surface area contributed by atoms with Crippen molar-refractivity contribution >= 4 is 12.8 Å². The number of hydrogen-bond acceptors (Lipinski definition) is 3. The first kappa shape index (κ1) is 10.7. The lowest BCUT2D eigenvalue weighted by Gasteiger charge is -2.09. The third-order valence-electron chi connectivity index (χ3n) is 2.33. The van der Waals surface area contributed by atoms with Gasteiger partial charge in [-0.1, -0.05) is 42.7 Å². The molecule has 4 heteroatoms. The Bertz CT molecular complexity index is 377. The first-order chi connectivity index (χ1) is 7.84. The van der Waals surface area contributed by atoms with Crippen LogP contribution >= 0.6 is 0 Å². The van der Waals surface area contributed by atoms with Crippen LogP contribution < -0.4 is 5.23 Å². The largest absolute Gasteiger partial charge is 0.397 e. The Morgan fingerprint density at radius 3 is 2.44 bits per heavy atom. The minimum Gasteiger partial charge on any atom is -0.397 e. The molecule has 1 aromatic carbocycles. The third-order valence-corrected chi connectivity index (χ3v) is 2.33. The maximum absolute atomic E-state index is 4.14. The molecule has 2 aromatic rings. The molecular formula is C12H14BN3. The minimum absolute atomic E-state index is 0.324. The molecule has 3 nitrogen and oxygen atoms in total. The predicted molar refractivity (Wildman–Crippen MR) is 67.4 cm³/mol. The predicted octanol–water partition coefficient (Wildman–Crippen LogP) is 2.29. The Labute approximate surface area is 96.1 Å². The lowest BCUT2D eigenvalue weighted by atomic mass is 9.60. The molecule has 0 atom stereocenters. The quantitative estimate of drug-likeness (QED) is 0.788. The van der Waals surface area contributed by atoms with Crippen LogP contribution in [-0.2, 0) is 6.32 Å². The summed E-state index contributed by atoms with van der Waals surface area (Å²) in [5, 5.41) is 3.27. The normalized spacial score (nSPS) is 9.81. The van der Waals surface area contributed by atoms with Crippen molar-refractivity contribution in [2.45, 2.75) is 13.1 Å². The molecule has 16 heavy (non-hydrogen) atoms. The summed E-state index contributed by atoms with van der Waals surface area (Å²) in [4.78, 5) is 8.28. The zero-order valence-electron chi connectivity index (χ0n) is 9.30. The highest BCUT2D eigenvalue weighted by molar-refractivity contribution is 6.60. The van der Waals surface area contributed by atoms with Crippen molar-refractivity contribution in [2.24, 2.45) is 0 Å². The van der Waals surface area contributed by atoms with Gasteiger partial charge in [0.1, 0.15) is 0 Å². The van der Waals surface area contributed by atoms with Crippen LogP contribution in [0.4, 0.5) is 5.95 Å². The highest BCUT2D eigenvalue weighted by Crippen LogP contribution is 2.04. The van der Waals surface area contributed by atoms with Gasteiger partial charge < -0.3 is 5.23 Å². The van der Waals surface area contributed by atoms with Gasteiger partial charge in [-0.2, -0.15) is 0 Å². The van der Waals surface area contributed by atoms with Crippen molar-refractivity contribution in [3.8, 4) is 0 Å². The maximum atomic E-state index is 4.14. The Hall–Kier alpha value is -1.84. The van der Waals surface area contributed by atoms with Crippen molar-refractivity contribution in [1.82, 2.24) is 9.97 Å². The Morgan fingerprint density at radius 2 is 1.75 bits per heavy atom. The second-order valence-electron chi connectivity index (χ2n) is 3.81. The average molecular weight is 211 g/mol. The second-order valence-corrected chi connectivity index (χ2v) is 3.81. The van der Waals surface area contributed by atoms with E-state index in [9.17, 15) is 0 Å². The van der Waals surface area contributed by atoms with Crippen LogP contribution in [-0.4, -0.2) is 16.8 Å². The number of nitrogens with zero attached hydrogens (tertiary/aromatic N) is 2. The molecule has 2 rings (SSSR count). The summed E-state index contributed by atoms with van der Waals surface area (Å²) in [6.45, 7) is 2.45. The molecular weight excluding hydrogens is 197 g/mol. The van der Waals surface area contributed by atoms with E-state index >= 15 is 0 Å². The van der Waals surface area contributed by atoms with E-state index in [4.69, 9.17) is 0 Å². The Kier molecular flexibility index (Phi) is 3.54. The molecule has 1 heterocycles. The molecule has 0 aliphatic rings. The summed E-state index contributed by atoms with van der Waals surface area (Å²) < 4.78 is 0. The van der Waals surface area contributed by atoms with E-state index in [1.807, 2.05) is 12.1 Å². The summed E-state index contributed by atoms with van der Waals surface area (Å²) >= 11 is 0. The van der Waals surface area contributed by atoms with E-state index in [1.165, 1.54) is 5.56 Å². The first-order valence-corrected chi connectivity index (χ1v) is 5.42. The van der Waals surface area contributed by atoms with Crippen molar-refractivity contribution in [1.29, 1.82) is 0 Å². The fourth-order valence-corrected chi connectivity index (χ4v) is 1.61. The number of nitrogens with one attached hydrogen (secondary N) is 1. The van der Waals surface area contributed by atoms with Gasteiger partial charge in [0.05, 0.1) is 0 Å². The summed E-state index contributed by atoms with van der Waals surface area (Å²) in [5.74, 6) is 0.686. The molecule has 1 N–H and O–H groups in total. The zero-order valence-corrected chi connectivity index (χ0v) is 9.30. The van der Waals surface area contributed by atoms with Gasteiger partial charge in [0, 0.05) is 12.4 Å². The monoisotopic (exact) mass is 211 g/mol. The average Bonchev–Trinajstić information content (AvgIpc) is 2.31. The first-order valence-electron chi connectivity index (χ1n) is 5.42. The highest BCUT2D eigenvalue weighted by Gasteiger charge is 2.09. The molecule has 0 unspecified atom stereocenters. The molecule has 0 radical (unpaired) electrons. The fraction of sp³-hybridized carbons (Fsp3) is 0.167. The molecule has 80 valence electrons. The van der Waals surface area contributed by atoms with Gasteiger partial charge in [-0.25, -0.2) is 9.97 Å². The Morgan fingerprint density at radius 1 is 1.06 bits per heavy atom. The van der Waals surface area contributed by atoms with Crippen molar-refractivity contribution in [2.75, 3.05) is 5.23 Å². The molecule has 1 aromatic heterocycles. The SMILES string of the molecule is CB(Cc1ccccc1)Nc1ncccn1. The van der Waals surface area contributed by atoms with E-state index < -0.39 is 0 Å². The van der Waals surface area contributed by atoms with E-state index in [0.29, 0.717) is 12.8 Å². The van der Waals surface area contributed by atoms with Gasteiger partial charge >= 0.3 is 0 Å². The zero-order chi connectivity index (χ0) is 11.2. The highest BCUT2D eigenvalue weighted by atomic mass is 15.0. The molecule has 0 saturated carbocycles. The van der Waals surface area contributed by atoms with Gasteiger partial charge in [-0.05, 0) is 12.4 Å². The van der Waals surface area contributed by atoms with Gasteiger partial charge in [0.2, 0.25) is 5.95 Å². The van der Waals surface area contributed by atoms with Crippen LogP contribution in [0.2, 0.25) is 6.82 Å². The van der Waals surface area contributed by atoms with Gasteiger partial charge in [-0.15, -0.1) is 0 Å². The smallest absolute Gasteiger partial charge is 0.255 e. The molecule has 0 spiro atoms. The molecule has 0 aliphatic heterocycles. The topological polar surface area (TPSA) is 37.8 Å². The maximum Gasteiger partial charge on any atom is 0.255 e. The van der Waals surface area contributed by atoms with Crippen molar-refractivity contribution < 1.29 is 0 Å². The van der Waals surface area contributed by atoms with Gasteiger partial charge in [0.15, 0.2) is 0 Å². The summed E-state index contributed by atoms with van der Waals surface area (Å²) in [5.41, 5.74) is 1.32. The van der Waals surface area contributed by atoms with Crippen LogP contribution in [0.1, 0.15) is 5.56 Å². The minimum atomic E-state index is 0.324. The summed E-state index contributed by atoms with van der Waals surface area (Å²) in [7, 11) is 0. The standard InChI is InChI=1S/C12H14BN3/c1-13(10-11-6-3-2-4-7-11)16-12-14-8-5-9-15-12/h2-9H,10H2,1H3,(H,14,15,16). The van der Waals surface area contributed by atoms with E-state index in [0.717, 1.165) is 6.32 Å². The van der Waals surface area contributed by atoms with Gasteiger partial charge in [-0.3, -0.25) is 0 Å². The van der Waals surface area contributed by atoms with E-state index in [2.05, 4.69) is 46.3 Å². The molecule has 0 bridgehead atoms. The molecule has 0 aliphatic carbocycles. The van der Waals surface area contributed by atoms with E-state index in [-0.39, 0.29) is 0 Å². The molecule has 0 fully saturated rings. The third kappa shape index (κ3) is 3.09. The lowest BCUT2D eigenvalue weighted by Crippen LogP contribution is -2.25. The molecule has 0 saturated heterocycles. The van der Waals surface area contributed by atoms with Crippen molar-refractivity contribution in [3.05, 3.63) is 54.4 Å². The molecule has 0 amide bonds. The fourth-order valence-electron chi connectivity index (χ4n) is 1.61. The van der Waals surface area contributed by atoms with Gasteiger partial charge in [0.25, 0.3) is 6.85 Å². The van der Waals surface area contributed by atoms with Crippen LogP contribution in [0.15, 0.2) is 48.8 Å². The summed E-state index contributed by atoms with van der Waals surface area (Å²) in [6.07, 6.45) is 4.45. The second kappa shape index (κ2) is 5.30. The summed E-state index contributed by atoms with van der Waals surface area (Å²) in [6, 6.07) is 12.2.